The van der Waals surface area contributed by atoms with Crippen molar-refractivity contribution in [2.24, 2.45) is 4.99 Å². The second-order valence-electron chi connectivity index (χ2n) is 10.3. The number of rotatable bonds is 11. The molecule has 0 saturated heterocycles. The zero-order chi connectivity index (χ0) is 32.1. The number of aromatic nitrogens is 1. The molecule has 1 aliphatic heterocycles. The monoisotopic (exact) mass is 628 g/mol. The molecule has 5 rings (SSSR count). The number of thiazole rings is 1. The lowest BCUT2D eigenvalue weighted by atomic mass is 9.94. The summed E-state index contributed by atoms with van der Waals surface area (Å²) in [4.78, 5) is 32.6. The lowest BCUT2D eigenvalue weighted by Crippen LogP contribution is -2.40. The van der Waals surface area contributed by atoms with Crippen molar-refractivity contribution in [2.45, 2.75) is 40.3 Å². The molecular weight excluding hydrogens is 592 g/mol. The highest BCUT2D eigenvalue weighted by molar-refractivity contribution is 7.07. The normalized spacial score (nSPS) is 14.4. The van der Waals surface area contributed by atoms with Crippen molar-refractivity contribution >= 4 is 23.4 Å². The van der Waals surface area contributed by atoms with Crippen molar-refractivity contribution in [3.8, 4) is 23.0 Å². The van der Waals surface area contributed by atoms with E-state index in [1.165, 1.54) is 15.9 Å². The average Bonchev–Trinajstić information content (AvgIpc) is 3.33. The molecule has 45 heavy (non-hydrogen) atoms. The van der Waals surface area contributed by atoms with Gasteiger partial charge in [0.05, 0.1) is 43.2 Å². The summed E-state index contributed by atoms with van der Waals surface area (Å²) in [6.45, 7) is 8.32. The van der Waals surface area contributed by atoms with E-state index in [1.54, 1.807) is 46.3 Å². The summed E-state index contributed by atoms with van der Waals surface area (Å²) in [6.07, 6.45) is 1.78. The summed E-state index contributed by atoms with van der Waals surface area (Å²) in [5.41, 5.74) is 3.98. The van der Waals surface area contributed by atoms with Crippen molar-refractivity contribution in [1.82, 2.24) is 4.57 Å². The summed E-state index contributed by atoms with van der Waals surface area (Å²) in [7, 11) is 3.13. The number of allylic oxidation sites excluding steroid dienone is 1. The van der Waals surface area contributed by atoms with Gasteiger partial charge in [-0.25, -0.2) is 9.79 Å². The molecule has 10 heteroatoms. The Morgan fingerprint density at radius 1 is 0.933 bits per heavy atom. The van der Waals surface area contributed by atoms with Crippen molar-refractivity contribution in [2.75, 3.05) is 27.4 Å². The Morgan fingerprint density at radius 3 is 2.42 bits per heavy atom. The Bertz CT molecular complexity index is 1940. The number of esters is 1. The minimum absolute atomic E-state index is 0.176. The first-order valence-electron chi connectivity index (χ1n) is 14.6. The molecule has 0 radical (unpaired) electrons. The number of hydrogen-bond donors (Lipinski definition) is 0. The van der Waals surface area contributed by atoms with Crippen LogP contribution in [0.2, 0.25) is 0 Å². The maximum Gasteiger partial charge on any atom is 0.338 e. The van der Waals surface area contributed by atoms with E-state index < -0.39 is 12.0 Å². The second kappa shape index (κ2) is 13.9. The van der Waals surface area contributed by atoms with E-state index in [1.807, 2.05) is 56.3 Å². The lowest BCUT2D eigenvalue weighted by molar-refractivity contribution is -0.139. The number of carbonyl (C=O) groups is 1. The first-order chi connectivity index (χ1) is 21.8. The van der Waals surface area contributed by atoms with Crippen LogP contribution in [0.15, 0.2) is 81.7 Å². The maximum atomic E-state index is 14.1. The van der Waals surface area contributed by atoms with Gasteiger partial charge in [0.25, 0.3) is 5.56 Å². The van der Waals surface area contributed by atoms with Crippen LogP contribution in [0.1, 0.15) is 49.1 Å². The van der Waals surface area contributed by atoms with Gasteiger partial charge >= 0.3 is 5.97 Å². The third-order valence-corrected chi connectivity index (χ3v) is 8.27. The molecule has 9 nitrogen and oxygen atoms in total. The van der Waals surface area contributed by atoms with Crippen LogP contribution in [0.4, 0.5) is 0 Å². The summed E-state index contributed by atoms with van der Waals surface area (Å²) in [5.74, 6) is 1.53. The fourth-order valence-corrected chi connectivity index (χ4v) is 6.35. The predicted octanol–water partition coefficient (Wildman–Crippen LogP) is 5.10. The van der Waals surface area contributed by atoms with Crippen LogP contribution in [0.25, 0.3) is 6.08 Å². The van der Waals surface area contributed by atoms with E-state index in [-0.39, 0.29) is 17.7 Å². The first-order valence-corrected chi connectivity index (χ1v) is 15.5. The Balaban J connectivity index is 1.60. The predicted molar refractivity (Wildman–Crippen MR) is 173 cm³/mol. The molecule has 234 valence electrons. The van der Waals surface area contributed by atoms with Crippen LogP contribution in [-0.2, 0) is 16.1 Å². The zero-order valence-electron chi connectivity index (χ0n) is 26.2. The molecule has 0 bridgehead atoms. The third kappa shape index (κ3) is 6.51. The summed E-state index contributed by atoms with van der Waals surface area (Å²) < 4.78 is 30.7. The number of benzene rings is 3. The van der Waals surface area contributed by atoms with Crippen LogP contribution < -0.4 is 33.8 Å². The molecule has 3 aromatic carbocycles. The number of fused-ring (bicyclic) bond motifs is 1. The van der Waals surface area contributed by atoms with Gasteiger partial charge in [-0.1, -0.05) is 59.4 Å². The fraction of sp³-hybridized carbons (Fsp3) is 0.286. The molecule has 1 aromatic heterocycles. The van der Waals surface area contributed by atoms with Crippen LogP contribution in [0.3, 0.4) is 0 Å². The van der Waals surface area contributed by atoms with Crippen molar-refractivity contribution in [1.29, 1.82) is 0 Å². The molecule has 0 N–H and O–H groups in total. The highest BCUT2D eigenvalue weighted by Crippen LogP contribution is 2.40. The molecule has 1 aliphatic rings. The highest BCUT2D eigenvalue weighted by Gasteiger charge is 2.36. The third-order valence-electron chi connectivity index (χ3n) is 7.29. The van der Waals surface area contributed by atoms with Gasteiger partial charge in [0.1, 0.15) is 12.6 Å². The van der Waals surface area contributed by atoms with Gasteiger partial charge in [-0.2, -0.15) is 0 Å². The SMILES string of the molecule is CCOC(=O)C1=C(C)N=c2s/c(=C/c3ccc(OCc4cccc(C)c4)c(OC)c3)c(=O)n2[C@H]1c1cccc(OC)c1OCC. The number of aryl methyl sites for hydroxylation is 1. The average molecular weight is 629 g/mol. The van der Waals surface area contributed by atoms with E-state index in [2.05, 4.69) is 11.1 Å². The van der Waals surface area contributed by atoms with E-state index in [0.717, 1.165) is 16.7 Å². The van der Waals surface area contributed by atoms with Crippen LogP contribution in [-0.4, -0.2) is 38.0 Å². The second-order valence-corrected chi connectivity index (χ2v) is 11.3. The number of methoxy groups -OCH3 is 2. The van der Waals surface area contributed by atoms with Gasteiger partial charge in [-0.05, 0) is 63.1 Å². The van der Waals surface area contributed by atoms with E-state index in [9.17, 15) is 9.59 Å². The van der Waals surface area contributed by atoms with E-state index in [4.69, 9.17) is 23.7 Å². The van der Waals surface area contributed by atoms with Gasteiger partial charge in [-0.15, -0.1) is 0 Å². The Hall–Kier alpha value is -4.83. The Kier molecular flexibility index (Phi) is 9.73. The summed E-state index contributed by atoms with van der Waals surface area (Å²) in [6, 6.07) is 18.2. The molecule has 1 atom stereocenters. The number of hydrogen-bond acceptors (Lipinski definition) is 9. The van der Waals surface area contributed by atoms with Crippen molar-refractivity contribution in [3.63, 3.8) is 0 Å². The molecule has 0 unspecified atom stereocenters. The van der Waals surface area contributed by atoms with Gasteiger partial charge in [-0.3, -0.25) is 9.36 Å². The fourth-order valence-electron chi connectivity index (χ4n) is 5.30. The minimum atomic E-state index is -0.842. The smallest absolute Gasteiger partial charge is 0.338 e. The lowest BCUT2D eigenvalue weighted by Gasteiger charge is -2.26. The molecule has 0 spiro atoms. The highest BCUT2D eigenvalue weighted by atomic mass is 32.1. The minimum Gasteiger partial charge on any atom is -0.493 e. The Labute approximate surface area is 265 Å². The quantitative estimate of drug-likeness (QED) is 0.213. The topological polar surface area (TPSA) is 97.6 Å². The molecular formula is C35H36N2O7S. The van der Waals surface area contributed by atoms with Gasteiger partial charge in [0, 0.05) is 5.56 Å². The molecule has 0 saturated carbocycles. The molecule has 2 heterocycles. The standard InChI is InChI=1S/C35H36N2O7S/c1-7-42-32-25(13-10-14-27(32)40-5)31-30(34(39)43-8-2)22(4)36-35-37(31)33(38)29(45-35)19-23-15-16-26(28(18-23)41-6)44-20-24-12-9-11-21(3)17-24/h9-19,31H,7-8,20H2,1-6H3/b29-19+/t31-/m0/s1. The molecule has 0 amide bonds. The molecule has 0 aliphatic carbocycles. The summed E-state index contributed by atoms with van der Waals surface area (Å²) >= 11 is 1.24. The van der Waals surface area contributed by atoms with Crippen LogP contribution in [0.5, 0.6) is 23.0 Å². The number of carbonyl (C=O) groups excluding carboxylic acids is 1. The van der Waals surface area contributed by atoms with Crippen molar-refractivity contribution < 1.29 is 28.5 Å². The molecule has 0 fully saturated rings. The number of ether oxygens (including phenoxy) is 5. The van der Waals surface area contributed by atoms with Crippen molar-refractivity contribution in [3.05, 3.63) is 114 Å². The maximum absolute atomic E-state index is 14.1. The summed E-state index contributed by atoms with van der Waals surface area (Å²) in [5, 5.41) is 0. The van der Waals surface area contributed by atoms with Gasteiger partial charge in [0.15, 0.2) is 27.8 Å². The van der Waals surface area contributed by atoms with Gasteiger partial charge < -0.3 is 23.7 Å². The van der Waals surface area contributed by atoms with E-state index >= 15 is 0 Å². The first kappa shape index (κ1) is 31.6. The van der Waals surface area contributed by atoms with Crippen LogP contribution in [0, 0.1) is 6.92 Å². The zero-order valence-corrected chi connectivity index (χ0v) is 27.0. The molecule has 4 aromatic rings. The largest absolute Gasteiger partial charge is 0.493 e. The number of para-hydroxylation sites is 1. The Morgan fingerprint density at radius 2 is 1.71 bits per heavy atom. The van der Waals surface area contributed by atoms with Gasteiger partial charge in [0.2, 0.25) is 0 Å². The van der Waals surface area contributed by atoms with Crippen LogP contribution >= 0.6 is 11.3 Å². The van der Waals surface area contributed by atoms with E-state index in [0.29, 0.717) is 56.8 Å². The number of nitrogens with zero attached hydrogens (tertiary/aromatic N) is 2.